The monoisotopic (exact) mass is 341 g/mol. The third-order valence-corrected chi connectivity index (χ3v) is 4.92. The summed E-state index contributed by atoms with van der Waals surface area (Å²) in [5, 5.41) is 0. The van der Waals surface area contributed by atoms with Gasteiger partial charge in [0.1, 0.15) is 17.0 Å². The summed E-state index contributed by atoms with van der Waals surface area (Å²) < 4.78 is 28.4. The van der Waals surface area contributed by atoms with Crippen LogP contribution in [0.2, 0.25) is 0 Å². The quantitative estimate of drug-likeness (QED) is 0.753. The lowest BCUT2D eigenvalue weighted by Gasteiger charge is -2.14. The van der Waals surface area contributed by atoms with Crippen LogP contribution < -0.4 is 10.5 Å². The lowest BCUT2D eigenvalue weighted by atomic mass is 10.1. The molecular weight excluding hydrogens is 326 g/mol. The van der Waals surface area contributed by atoms with Crippen LogP contribution in [-0.2, 0) is 10.0 Å². The van der Waals surface area contributed by atoms with Gasteiger partial charge >= 0.3 is 0 Å². The number of sulfonamides is 1. The lowest BCUT2D eigenvalue weighted by molar-refractivity contribution is 0.601. The summed E-state index contributed by atoms with van der Waals surface area (Å²) in [5.74, 6) is -0.0857. The summed E-state index contributed by atoms with van der Waals surface area (Å²) in [4.78, 5) is 11.7. The molecular formula is C16H15N5O2S. The van der Waals surface area contributed by atoms with Crippen molar-refractivity contribution >= 4 is 21.5 Å². The first-order valence-electron chi connectivity index (χ1n) is 7.07. The number of nitrogen functional groups attached to an aromatic ring is 1. The number of pyridine rings is 1. The van der Waals surface area contributed by atoms with E-state index in [2.05, 4.69) is 19.7 Å². The topological polar surface area (TPSA) is 111 Å². The molecule has 0 unspecified atom stereocenters. The normalized spacial score (nSPS) is 11.2. The van der Waals surface area contributed by atoms with E-state index in [9.17, 15) is 8.42 Å². The fraction of sp³-hybridized carbons (Fsp3) is 0.0625. The predicted octanol–water partition coefficient (Wildman–Crippen LogP) is 2.23. The van der Waals surface area contributed by atoms with Crippen molar-refractivity contribution in [3.8, 4) is 11.1 Å². The van der Waals surface area contributed by atoms with Crippen molar-refractivity contribution in [2.24, 2.45) is 0 Å². The standard InChI is InChI=1S/C16H15N5O2S/c1-11-4-2-3-5-14(11)21-24(22,23)15-13(6-7-20-16(15)17)12-8-18-10-19-9-12/h2-10,21H,1H3,(H2,17,20). The summed E-state index contributed by atoms with van der Waals surface area (Å²) in [6.07, 6.45) is 5.86. The maximum absolute atomic E-state index is 12.9. The van der Waals surface area contributed by atoms with Gasteiger partial charge in [-0.05, 0) is 24.6 Å². The van der Waals surface area contributed by atoms with E-state index >= 15 is 0 Å². The molecule has 3 N–H and O–H groups in total. The molecule has 0 bridgehead atoms. The van der Waals surface area contributed by atoms with E-state index in [0.29, 0.717) is 16.8 Å². The minimum absolute atomic E-state index is 0.0857. The van der Waals surface area contributed by atoms with Crippen LogP contribution in [0, 0.1) is 6.92 Å². The summed E-state index contributed by atoms with van der Waals surface area (Å²) in [6.45, 7) is 1.82. The van der Waals surface area contributed by atoms with Gasteiger partial charge in [0.05, 0.1) is 5.69 Å². The van der Waals surface area contributed by atoms with Crippen molar-refractivity contribution in [3.05, 3.63) is 60.8 Å². The zero-order valence-electron chi connectivity index (χ0n) is 12.8. The summed E-state index contributed by atoms with van der Waals surface area (Å²) in [6, 6.07) is 8.66. The van der Waals surface area contributed by atoms with Crippen LogP contribution in [0.5, 0.6) is 0 Å². The van der Waals surface area contributed by atoms with Gasteiger partial charge in [0.25, 0.3) is 10.0 Å². The second-order valence-electron chi connectivity index (χ2n) is 5.12. The first kappa shape index (κ1) is 15.9. The maximum Gasteiger partial charge on any atom is 0.266 e. The van der Waals surface area contributed by atoms with Gasteiger partial charge in [0.15, 0.2) is 0 Å². The molecule has 0 aliphatic rings. The molecule has 8 heteroatoms. The van der Waals surface area contributed by atoms with Crippen LogP contribution in [0.4, 0.5) is 11.5 Å². The Hall–Kier alpha value is -3.00. The average molecular weight is 341 g/mol. The summed E-state index contributed by atoms with van der Waals surface area (Å²) in [5.41, 5.74) is 8.08. The van der Waals surface area contributed by atoms with Gasteiger partial charge in [0, 0.05) is 29.7 Å². The number of benzene rings is 1. The number of hydrogen-bond acceptors (Lipinski definition) is 6. The third-order valence-electron chi connectivity index (χ3n) is 3.46. The van der Waals surface area contributed by atoms with E-state index < -0.39 is 10.0 Å². The molecule has 2 aromatic heterocycles. The van der Waals surface area contributed by atoms with Gasteiger partial charge < -0.3 is 5.73 Å². The highest BCUT2D eigenvalue weighted by atomic mass is 32.2. The Morgan fingerprint density at radius 3 is 2.50 bits per heavy atom. The molecule has 0 saturated heterocycles. The third kappa shape index (κ3) is 3.04. The molecule has 3 aromatic rings. The van der Waals surface area contributed by atoms with Crippen molar-refractivity contribution in [2.75, 3.05) is 10.5 Å². The second kappa shape index (κ2) is 6.25. The lowest BCUT2D eigenvalue weighted by Crippen LogP contribution is -2.17. The SMILES string of the molecule is Cc1ccccc1NS(=O)(=O)c1c(-c2cncnc2)ccnc1N. The molecule has 0 radical (unpaired) electrons. The minimum atomic E-state index is -3.94. The Bertz CT molecular complexity index is 975. The summed E-state index contributed by atoms with van der Waals surface area (Å²) >= 11 is 0. The van der Waals surface area contributed by atoms with Crippen molar-refractivity contribution in [1.29, 1.82) is 0 Å². The van der Waals surface area contributed by atoms with E-state index in [1.54, 1.807) is 18.2 Å². The van der Waals surface area contributed by atoms with Crippen molar-refractivity contribution < 1.29 is 8.42 Å². The van der Waals surface area contributed by atoms with Gasteiger partial charge in [0.2, 0.25) is 0 Å². The number of nitrogens with one attached hydrogen (secondary N) is 1. The molecule has 1 aromatic carbocycles. The molecule has 0 fully saturated rings. The highest BCUT2D eigenvalue weighted by Crippen LogP contribution is 2.31. The van der Waals surface area contributed by atoms with Crippen LogP contribution in [0.1, 0.15) is 5.56 Å². The van der Waals surface area contributed by atoms with Gasteiger partial charge in [-0.1, -0.05) is 18.2 Å². The number of rotatable bonds is 4. The van der Waals surface area contributed by atoms with Crippen LogP contribution in [-0.4, -0.2) is 23.4 Å². The van der Waals surface area contributed by atoms with Gasteiger partial charge in [-0.15, -0.1) is 0 Å². The largest absolute Gasteiger partial charge is 0.383 e. The highest BCUT2D eigenvalue weighted by Gasteiger charge is 2.24. The minimum Gasteiger partial charge on any atom is -0.383 e. The van der Waals surface area contributed by atoms with Crippen molar-refractivity contribution in [2.45, 2.75) is 11.8 Å². The van der Waals surface area contributed by atoms with E-state index in [4.69, 9.17) is 5.73 Å². The van der Waals surface area contributed by atoms with Gasteiger partial charge in [-0.25, -0.2) is 23.4 Å². The molecule has 0 aliphatic heterocycles. The number of anilines is 2. The Balaban J connectivity index is 2.13. The number of nitrogens with zero attached hydrogens (tertiary/aromatic N) is 3. The van der Waals surface area contributed by atoms with Crippen LogP contribution in [0.25, 0.3) is 11.1 Å². The number of aryl methyl sites for hydroxylation is 1. The smallest absolute Gasteiger partial charge is 0.266 e. The average Bonchev–Trinajstić information content (AvgIpc) is 2.57. The fourth-order valence-electron chi connectivity index (χ4n) is 2.30. The number of hydrogen-bond donors (Lipinski definition) is 2. The highest BCUT2D eigenvalue weighted by molar-refractivity contribution is 7.93. The number of para-hydroxylation sites is 1. The van der Waals surface area contributed by atoms with E-state index in [1.165, 1.54) is 24.9 Å². The molecule has 122 valence electrons. The summed E-state index contributed by atoms with van der Waals surface area (Å²) in [7, 11) is -3.94. The van der Waals surface area contributed by atoms with E-state index in [-0.39, 0.29) is 10.7 Å². The maximum atomic E-state index is 12.9. The Morgan fingerprint density at radius 1 is 1.08 bits per heavy atom. The van der Waals surface area contributed by atoms with Crippen LogP contribution >= 0.6 is 0 Å². The van der Waals surface area contributed by atoms with Crippen LogP contribution in [0.3, 0.4) is 0 Å². The first-order chi connectivity index (χ1) is 11.5. The molecule has 3 rings (SSSR count). The molecule has 2 heterocycles. The first-order valence-corrected chi connectivity index (χ1v) is 8.55. The van der Waals surface area contributed by atoms with Gasteiger partial charge in [-0.3, -0.25) is 4.72 Å². The second-order valence-corrected chi connectivity index (χ2v) is 6.74. The molecule has 0 amide bonds. The Kier molecular flexibility index (Phi) is 4.13. The van der Waals surface area contributed by atoms with Gasteiger partial charge in [-0.2, -0.15) is 0 Å². The molecule has 0 spiro atoms. The molecule has 24 heavy (non-hydrogen) atoms. The predicted molar refractivity (Wildman–Crippen MR) is 91.7 cm³/mol. The van der Waals surface area contributed by atoms with Crippen molar-refractivity contribution in [3.63, 3.8) is 0 Å². The fourth-order valence-corrected chi connectivity index (χ4v) is 3.72. The molecule has 7 nitrogen and oxygen atoms in total. The molecule has 0 saturated carbocycles. The zero-order valence-corrected chi connectivity index (χ0v) is 13.7. The number of nitrogens with two attached hydrogens (primary N) is 1. The van der Waals surface area contributed by atoms with Crippen LogP contribution in [0.15, 0.2) is 60.1 Å². The molecule has 0 atom stereocenters. The Morgan fingerprint density at radius 2 is 1.79 bits per heavy atom. The molecule has 0 aliphatic carbocycles. The Labute approximate surface area is 139 Å². The van der Waals surface area contributed by atoms with E-state index in [0.717, 1.165) is 5.56 Å². The zero-order chi connectivity index (χ0) is 17.2. The number of aromatic nitrogens is 3. The van der Waals surface area contributed by atoms with E-state index in [1.807, 2.05) is 19.1 Å². The van der Waals surface area contributed by atoms with Crippen molar-refractivity contribution in [1.82, 2.24) is 15.0 Å².